The monoisotopic (exact) mass is 618 g/mol. The lowest BCUT2D eigenvalue weighted by Gasteiger charge is -2.30. The lowest BCUT2D eigenvalue weighted by Crippen LogP contribution is -2.34. The fourth-order valence-corrected chi connectivity index (χ4v) is 5.40. The summed E-state index contributed by atoms with van der Waals surface area (Å²) in [5.41, 5.74) is 2.93. The quantitative estimate of drug-likeness (QED) is 0.242. The summed E-state index contributed by atoms with van der Waals surface area (Å²) in [6.07, 6.45) is 2.90. The minimum atomic E-state index is -0.659. The van der Waals surface area contributed by atoms with Crippen LogP contribution in [0.5, 0.6) is 5.75 Å². The molecular formula is C37H47FN2O5. The van der Waals surface area contributed by atoms with E-state index in [1.54, 1.807) is 45.9 Å². The minimum Gasteiger partial charge on any atom is -0.489 e. The first-order valence-corrected chi connectivity index (χ1v) is 15.8. The van der Waals surface area contributed by atoms with Gasteiger partial charge in [-0.05, 0) is 103 Å². The van der Waals surface area contributed by atoms with Gasteiger partial charge in [0.15, 0.2) is 0 Å². The molecule has 0 aliphatic carbocycles. The van der Waals surface area contributed by atoms with Gasteiger partial charge in [0.2, 0.25) is 0 Å². The first-order valence-electron chi connectivity index (χ1n) is 15.8. The lowest BCUT2D eigenvalue weighted by molar-refractivity contribution is -0.153. The van der Waals surface area contributed by atoms with Crippen molar-refractivity contribution in [2.45, 2.75) is 98.0 Å². The molecule has 3 aromatic rings. The number of esters is 1. The molecule has 0 radical (unpaired) electrons. The van der Waals surface area contributed by atoms with Crippen molar-refractivity contribution in [1.82, 2.24) is 5.32 Å². The fraction of sp³-hybridized carbons (Fsp3) is 0.459. The molecule has 0 saturated carbocycles. The van der Waals surface area contributed by atoms with Gasteiger partial charge in [0.1, 0.15) is 29.4 Å². The summed E-state index contributed by atoms with van der Waals surface area (Å²) in [7, 11) is 0. The maximum atomic E-state index is 16.2. The van der Waals surface area contributed by atoms with Crippen LogP contribution in [0.15, 0.2) is 60.7 Å². The Balaban J connectivity index is 1.62. The van der Waals surface area contributed by atoms with Crippen LogP contribution in [0, 0.1) is 5.82 Å². The standard InChI is InChI=1S/C37H47FN2O5/c1-25(39-35(42)45-37(5,6)7)30-15-13-16-31(34(30)38)28-20-26(21-29(22-28)40-18-11-8-12-19-40)24-43-32-17-10-9-14-27(32)23-33(41)44-36(2,3)4/h9-10,13-17,20-22,25H,8,11-12,18-19,23-24H2,1-7H3,(H,39,42)/t25-/m1/s1. The summed E-state index contributed by atoms with van der Waals surface area (Å²) < 4.78 is 33.3. The molecule has 242 valence electrons. The molecule has 0 bridgehead atoms. The Morgan fingerprint density at radius 1 is 0.889 bits per heavy atom. The summed E-state index contributed by atoms with van der Waals surface area (Å²) in [5, 5.41) is 2.75. The number of para-hydroxylation sites is 1. The highest BCUT2D eigenvalue weighted by atomic mass is 19.1. The number of hydrogen-bond donors (Lipinski definition) is 1. The Hall–Kier alpha value is -4.07. The normalized spacial score (nSPS) is 14.4. The average molecular weight is 619 g/mol. The number of rotatable bonds is 9. The zero-order valence-corrected chi connectivity index (χ0v) is 27.7. The van der Waals surface area contributed by atoms with Crippen molar-refractivity contribution < 1.29 is 28.2 Å². The number of alkyl carbamates (subject to hydrolysis) is 1. The van der Waals surface area contributed by atoms with Gasteiger partial charge in [-0.15, -0.1) is 0 Å². The van der Waals surface area contributed by atoms with E-state index in [0.717, 1.165) is 48.3 Å². The lowest BCUT2D eigenvalue weighted by atomic mass is 9.96. The topological polar surface area (TPSA) is 77.1 Å². The van der Waals surface area contributed by atoms with E-state index >= 15 is 4.39 Å². The highest BCUT2D eigenvalue weighted by molar-refractivity contribution is 5.74. The highest BCUT2D eigenvalue weighted by Gasteiger charge is 2.23. The van der Waals surface area contributed by atoms with E-state index in [2.05, 4.69) is 16.3 Å². The van der Waals surface area contributed by atoms with Crippen LogP contribution in [0.25, 0.3) is 11.1 Å². The van der Waals surface area contributed by atoms with E-state index in [4.69, 9.17) is 14.2 Å². The van der Waals surface area contributed by atoms with E-state index in [9.17, 15) is 9.59 Å². The fourth-order valence-electron chi connectivity index (χ4n) is 5.40. The molecule has 1 aliphatic rings. The van der Waals surface area contributed by atoms with Gasteiger partial charge in [-0.3, -0.25) is 4.79 Å². The second kappa shape index (κ2) is 14.4. The molecule has 45 heavy (non-hydrogen) atoms. The van der Waals surface area contributed by atoms with Crippen molar-refractivity contribution in [2.24, 2.45) is 0 Å². The first kappa shape index (κ1) is 33.8. The van der Waals surface area contributed by atoms with Gasteiger partial charge in [0.25, 0.3) is 0 Å². The van der Waals surface area contributed by atoms with E-state index in [1.807, 2.05) is 57.2 Å². The highest BCUT2D eigenvalue weighted by Crippen LogP contribution is 2.33. The van der Waals surface area contributed by atoms with Crippen LogP contribution in [0.1, 0.15) is 90.5 Å². The zero-order valence-electron chi connectivity index (χ0n) is 27.7. The van der Waals surface area contributed by atoms with Gasteiger partial charge in [-0.25, -0.2) is 9.18 Å². The van der Waals surface area contributed by atoms with Crippen LogP contribution in [-0.4, -0.2) is 36.4 Å². The van der Waals surface area contributed by atoms with Crippen LogP contribution in [-0.2, 0) is 27.3 Å². The predicted molar refractivity (Wildman–Crippen MR) is 176 cm³/mol. The van der Waals surface area contributed by atoms with Crippen molar-refractivity contribution in [3.05, 3.63) is 83.2 Å². The molecule has 7 nitrogen and oxygen atoms in total. The Bertz CT molecular complexity index is 1480. The molecule has 1 N–H and O–H groups in total. The van der Waals surface area contributed by atoms with Gasteiger partial charge >= 0.3 is 12.1 Å². The van der Waals surface area contributed by atoms with Crippen LogP contribution >= 0.6 is 0 Å². The number of carbonyl (C=O) groups is 2. The second-order valence-electron chi connectivity index (χ2n) is 13.7. The molecular weight excluding hydrogens is 571 g/mol. The molecule has 1 amide bonds. The number of hydrogen-bond acceptors (Lipinski definition) is 6. The zero-order chi connectivity index (χ0) is 32.8. The van der Waals surface area contributed by atoms with Crippen LogP contribution in [0.2, 0.25) is 0 Å². The third-order valence-electron chi connectivity index (χ3n) is 7.36. The van der Waals surface area contributed by atoms with E-state index in [0.29, 0.717) is 16.9 Å². The van der Waals surface area contributed by atoms with Crippen LogP contribution < -0.4 is 15.0 Å². The van der Waals surface area contributed by atoms with E-state index in [-0.39, 0.29) is 19.0 Å². The van der Waals surface area contributed by atoms with Crippen LogP contribution in [0.3, 0.4) is 0 Å². The maximum Gasteiger partial charge on any atom is 0.408 e. The van der Waals surface area contributed by atoms with E-state index in [1.165, 1.54) is 6.42 Å². The molecule has 8 heteroatoms. The molecule has 3 aromatic carbocycles. The van der Waals surface area contributed by atoms with Gasteiger partial charge in [0.05, 0.1) is 12.5 Å². The SMILES string of the molecule is C[C@@H](NC(=O)OC(C)(C)C)c1cccc(-c2cc(COc3ccccc3CC(=O)OC(C)(C)C)cc(N3CCCCC3)c2)c1F. The number of amides is 1. The van der Waals surface area contributed by atoms with Crippen molar-refractivity contribution in [3.8, 4) is 16.9 Å². The molecule has 0 unspecified atom stereocenters. The van der Waals surface area contributed by atoms with Gasteiger partial charge in [-0.2, -0.15) is 0 Å². The molecule has 1 saturated heterocycles. The van der Waals surface area contributed by atoms with Gasteiger partial charge in [-0.1, -0.05) is 36.4 Å². The Morgan fingerprint density at radius 3 is 2.27 bits per heavy atom. The Morgan fingerprint density at radius 2 is 1.58 bits per heavy atom. The Kier molecular flexibility index (Phi) is 10.8. The molecule has 0 spiro atoms. The number of nitrogens with one attached hydrogen (secondary N) is 1. The largest absolute Gasteiger partial charge is 0.489 e. The second-order valence-corrected chi connectivity index (χ2v) is 13.7. The van der Waals surface area contributed by atoms with Gasteiger partial charge < -0.3 is 24.4 Å². The number of anilines is 1. The minimum absolute atomic E-state index is 0.0973. The van der Waals surface area contributed by atoms with E-state index < -0.39 is 29.2 Å². The van der Waals surface area contributed by atoms with Crippen molar-refractivity contribution in [2.75, 3.05) is 18.0 Å². The van der Waals surface area contributed by atoms with Gasteiger partial charge in [0, 0.05) is 35.5 Å². The average Bonchev–Trinajstić information content (AvgIpc) is 2.95. The molecule has 1 aliphatic heterocycles. The predicted octanol–water partition coefficient (Wildman–Crippen LogP) is 8.53. The van der Waals surface area contributed by atoms with Crippen molar-refractivity contribution >= 4 is 17.7 Å². The molecule has 1 heterocycles. The summed E-state index contributed by atoms with van der Waals surface area (Å²) in [6, 6.07) is 18.2. The molecule has 0 aromatic heterocycles. The summed E-state index contributed by atoms with van der Waals surface area (Å²) in [5.74, 6) is -0.117. The maximum absolute atomic E-state index is 16.2. The third-order valence-corrected chi connectivity index (χ3v) is 7.36. The number of benzene rings is 3. The number of halogens is 1. The number of carbonyl (C=O) groups excluding carboxylic acids is 2. The molecule has 4 rings (SSSR count). The summed E-state index contributed by atoms with van der Waals surface area (Å²) in [6.45, 7) is 14.7. The van der Waals surface area contributed by atoms with Crippen molar-refractivity contribution in [3.63, 3.8) is 0 Å². The third kappa shape index (κ3) is 9.96. The summed E-state index contributed by atoms with van der Waals surface area (Å²) in [4.78, 5) is 27.3. The van der Waals surface area contributed by atoms with Crippen molar-refractivity contribution in [1.29, 1.82) is 0 Å². The number of nitrogens with zero attached hydrogens (tertiary/aromatic N) is 1. The first-order chi connectivity index (χ1) is 21.2. The molecule has 1 atom stereocenters. The smallest absolute Gasteiger partial charge is 0.408 e. The number of ether oxygens (including phenoxy) is 3. The molecule has 1 fully saturated rings. The Labute approximate surface area is 267 Å². The van der Waals surface area contributed by atoms with Crippen LogP contribution in [0.4, 0.5) is 14.9 Å². The summed E-state index contributed by atoms with van der Waals surface area (Å²) >= 11 is 0. The number of piperidine rings is 1.